The van der Waals surface area contributed by atoms with Crippen molar-refractivity contribution in [2.75, 3.05) is 20.6 Å². The van der Waals surface area contributed by atoms with E-state index in [-0.39, 0.29) is 11.9 Å². The molecule has 5 heteroatoms. The van der Waals surface area contributed by atoms with E-state index in [1.54, 1.807) is 0 Å². The molecule has 1 atom stereocenters. The SMILES string of the molecule is CN(C)C(CNC(=O)c1ccc(Br)cc1)c1cn(C)c2ccccc12. The fourth-order valence-electron chi connectivity index (χ4n) is 3.10. The maximum atomic E-state index is 12.4. The highest BCUT2D eigenvalue weighted by atomic mass is 79.9. The molecule has 2 aromatic carbocycles. The lowest BCUT2D eigenvalue weighted by molar-refractivity contribution is 0.0942. The number of halogens is 1. The Kier molecular flexibility index (Phi) is 5.25. The third-order valence-corrected chi connectivity index (χ3v) is 5.00. The molecule has 130 valence electrons. The van der Waals surface area contributed by atoms with Crippen LogP contribution < -0.4 is 5.32 Å². The van der Waals surface area contributed by atoms with Gasteiger partial charge in [0.1, 0.15) is 0 Å². The molecule has 3 rings (SSSR count). The van der Waals surface area contributed by atoms with Crippen molar-refractivity contribution >= 4 is 32.7 Å². The standard InChI is InChI=1S/C20H22BrN3O/c1-23(2)19(12-22-20(25)14-8-10-15(21)11-9-14)17-13-24(3)18-7-5-4-6-16(17)18/h4-11,13,19H,12H2,1-3H3,(H,22,25). The van der Waals surface area contributed by atoms with Crippen molar-refractivity contribution in [1.82, 2.24) is 14.8 Å². The zero-order valence-corrected chi connectivity index (χ0v) is 16.2. The summed E-state index contributed by atoms with van der Waals surface area (Å²) in [6, 6.07) is 15.9. The Bertz CT molecular complexity index is 884. The van der Waals surface area contributed by atoms with Crippen molar-refractivity contribution in [3.8, 4) is 0 Å². The Labute approximate surface area is 156 Å². The number of hydrogen-bond acceptors (Lipinski definition) is 2. The van der Waals surface area contributed by atoms with Crippen LogP contribution >= 0.6 is 15.9 Å². The number of aromatic nitrogens is 1. The van der Waals surface area contributed by atoms with Crippen molar-refractivity contribution < 1.29 is 4.79 Å². The maximum Gasteiger partial charge on any atom is 0.251 e. The van der Waals surface area contributed by atoms with Gasteiger partial charge < -0.3 is 14.8 Å². The molecule has 0 aliphatic heterocycles. The second-order valence-corrected chi connectivity index (χ2v) is 7.32. The zero-order chi connectivity index (χ0) is 18.0. The van der Waals surface area contributed by atoms with Crippen LogP contribution in [0.3, 0.4) is 0 Å². The minimum Gasteiger partial charge on any atom is -0.350 e. The highest BCUT2D eigenvalue weighted by molar-refractivity contribution is 9.10. The predicted octanol–water partition coefficient (Wildman–Crippen LogP) is 3.97. The average molecular weight is 400 g/mol. The minimum atomic E-state index is -0.0559. The van der Waals surface area contributed by atoms with E-state index in [0.717, 1.165) is 4.47 Å². The zero-order valence-electron chi connectivity index (χ0n) is 14.7. The number of nitrogens with one attached hydrogen (secondary N) is 1. The van der Waals surface area contributed by atoms with Crippen LogP contribution in [0.2, 0.25) is 0 Å². The second kappa shape index (κ2) is 7.42. The van der Waals surface area contributed by atoms with Gasteiger partial charge in [-0.3, -0.25) is 4.79 Å². The molecule has 25 heavy (non-hydrogen) atoms. The average Bonchev–Trinajstić information content (AvgIpc) is 2.92. The molecule has 1 N–H and O–H groups in total. The number of carbonyl (C=O) groups excluding carboxylic acids is 1. The first-order valence-corrected chi connectivity index (χ1v) is 9.01. The van der Waals surface area contributed by atoms with Gasteiger partial charge >= 0.3 is 0 Å². The van der Waals surface area contributed by atoms with Crippen LogP contribution in [0.15, 0.2) is 59.2 Å². The number of likely N-dealkylation sites (N-methyl/N-ethyl adjacent to an activating group) is 1. The third kappa shape index (κ3) is 3.78. The summed E-state index contributed by atoms with van der Waals surface area (Å²) < 4.78 is 3.10. The summed E-state index contributed by atoms with van der Waals surface area (Å²) in [5.41, 5.74) is 3.08. The Morgan fingerprint density at radius 1 is 1.16 bits per heavy atom. The molecule has 0 aliphatic carbocycles. The number of hydrogen-bond donors (Lipinski definition) is 1. The molecule has 1 amide bonds. The predicted molar refractivity (Wildman–Crippen MR) is 106 cm³/mol. The van der Waals surface area contributed by atoms with Gasteiger partial charge in [-0.2, -0.15) is 0 Å². The van der Waals surface area contributed by atoms with Gasteiger partial charge in [-0.1, -0.05) is 34.1 Å². The lowest BCUT2D eigenvalue weighted by Gasteiger charge is -2.24. The summed E-state index contributed by atoms with van der Waals surface area (Å²) in [6.45, 7) is 0.551. The number of fused-ring (bicyclic) bond motifs is 1. The first-order chi connectivity index (χ1) is 12.0. The van der Waals surface area contributed by atoms with Crippen LogP contribution in [0.5, 0.6) is 0 Å². The van der Waals surface area contributed by atoms with E-state index >= 15 is 0 Å². The largest absolute Gasteiger partial charge is 0.350 e. The topological polar surface area (TPSA) is 37.3 Å². The van der Waals surface area contributed by atoms with Gasteiger partial charge in [0.25, 0.3) is 5.91 Å². The van der Waals surface area contributed by atoms with Gasteiger partial charge in [0.15, 0.2) is 0 Å². The van der Waals surface area contributed by atoms with Crippen LogP contribution in [-0.2, 0) is 7.05 Å². The molecule has 0 aliphatic rings. The lowest BCUT2D eigenvalue weighted by Crippen LogP contribution is -2.34. The third-order valence-electron chi connectivity index (χ3n) is 4.47. The molecule has 0 spiro atoms. The molecule has 1 unspecified atom stereocenters. The van der Waals surface area contributed by atoms with Crippen LogP contribution in [0.4, 0.5) is 0 Å². The van der Waals surface area contributed by atoms with Gasteiger partial charge in [0.2, 0.25) is 0 Å². The molecular weight excluding hydrogens is 378 g/mol. The van der Waals surface area contributed by atoms with E-state index in [4.69, 9.17) is 0 Å². The number of amides is 1. The molecule has 3 aromatic rings. The minimum absolute atomic E-state index is 0.0559. The number of carbonyl (C=O) groups is 1. The highest BCUT2D eigenvalue weighted by Crippen LogP contribution is 2.28. The normalized spacial score (nSPS) is 12.5. The van der Waals surface area contributed by atoms with Gasteiger partial charge in [-0.05, 0) is 50.0 Å². The Morgan fingerprint density at radius 2 is 1.84 bits per heavy atom. The molecule has 0 radical (unpaired) electrons. The highest BCUT2D eigenvalue weighted by Gasteiger charge is 2.20. The van der Waals surface area contributed by atoms with E-state index in [1.165, 1.54) is 16.5 Å². The van der Waals surface area contributed by atoms with Gasteiger partial charge in [0.05, 0.1) is 6.04 Å². The Hall–Kier alpha value is -2.11. The first-order valence-electron chi connectivity index (χ1n) is 8.21. The van der Waals surface area contributed by atoms with E-state index in [0.29, 0.717) is 12.1 Å². The molecule has 1 aromatic heterocycles. The molecular formula is C20H22BrN3O. The summed E-state index contributed by atoms with van der Waals surface area (Å²) >= 11 is 3.39. The van der Waals surface area contributed by atoms with E-state index < -0.39 is 0 Å². The number of nitrogens with zero attached hydrogens (tertiary/aromatic N) is 2. The maximum absolute atomic E-state index is 12.4. The fourth-order valence-corrected chi connectivity index (χ4v) is 3.37. The van der Waals surface area contributed by atoms with E-state index in [9.17, 15) is 4.79 Å². The summed E-state index contributed by atoms with van der Waals surface area (Å²) in [6.07, 6.45) is 2.15. The van der Waals surface area contributed by atoms with Crippen molar-refractivity contribution in [3.63, 3.8) is 0 Å². The summed E-state index contributed by atoms with van der Waals surface area (Å²) in [5, 5.41) is 4.29. The lowest BCUT2D eigenvalue weighted by atomic mass is 10.0. The van der Waals surface area contributed by atoms with Gasteiger partial charge in [-0.25, -0.2) is 0 Å². The second-order valence-electron chi connectivity index (χ2n) is 6.41. The van der Waals surface area contributed by atoms with Gasteiger partial charge in [-0.15, -0.1) is 0 Å². The van der Waals surface area contributed by atoms with Crippen LogP contribution in [0.1, 0.15) is 22.0 Å². The quantitative estimate of drug-likeness (QED) is 0.704. The Balaban J connectivity index is 1.82. The number of benzene rings is 2. The van der Waals surface area contributed by atoms with E-state index in [1.807, 2.05) is 44.4 Å². The van der Waals surface area contributed by atoms with Crippen molar-refractivity contribution in [1.29, 1.82) is 0 Å². The molecule has 1 heterocycles. The van der Waals surface area contributed by atoms with Crippen molar-refractivity contribution in [2.45, 2.75) is 6.04 Å². The molecule has 4 nitrogen and oxygen atoms in total. The number of aryl methyl sites for hydroxylation is 1. The number of rotatable bonds is 5. The van der Waals surface area contributed by atoms with Crippen LogP contribution in [0.25, 0.3) is 10.9 Å². The fraction of sp³-hybridized carbons (Fsp3) is 0.250. The summed E-state index contributed by atoms with van der Waals surface area (Å²) in [7, 11) is 6.13. The smallest absolute Gasteiger partial charge is 0.251 e. The van der Waals surface area contributed by atoms with E-state index in [2.05, 4.69) is 62.2 Å². The van der Waals surface area contributed by atoms with Crippen molar-refractivity contribution in [2.24, 2.45) is 7.05 Å². The summed E-state index contributed by atoms with van der Waals surface area (Å²) in [5.74, 6) is -0.0559. The molecule has 0 fully saturated rings. The molecule has 0 saturated heterocycles. The first kappa shape index (κ1) is 17.7. The summed E-state index contributed by atoms with van der Waals surface area (Å²) in [4.78, 5) is 14.6. The Morgan fingerprint density at radius 3 is 2.52 bits per heavy atom. The molecule has 0 bridgehead atoms. The number of para-hydroxylation sites is 1. The van der Waals surface area contributed by atoms with Gasteiger partial charge in [0, 0.05) is 40.7 Å². The monoisotopic (exact) mass is 399 g/mol. The van der Waals surface area contributed by atoms with Crippen molar-refractivity contribution in [3.05, 3.63) is 70.3 Å². The van der Waals surface area contributed by atoms with Crippen LogP contribution in [0, 0.1) is 0 Å². The molecule has 0 saturated carbocycles. The van der Waals surface area contributed by atoms with Crippen LogP contribution in [-0.4, -0.2) is 36.0 Å².